The van der Waals surface area contributed by atoms with Crippen LogP contribution in [0.3, 0.4) is 0 Å². The molecule has 3 heteroatoms. The Hall–Kier alpha value is -2.81. The summed E-state index contributed by atoms with van der Waals surface area (Å²) in [6.45, 7) is 7.59. The molecule has 0 fully saturated rings. The second-order valence-corrected chi connectivity index (χ2v) is 6.07. The second kappa shape index (κ2) is 12.6. The largest absolute Gasteiger partial charge is 0.300 e. The van der Waals surface area contributed by atoms with Gasteiger partial charge in [0.25, 0.3) is 0 Å². The molecule has 3 aromatic carbocycles. The zero-order chi connectivity index (χ0) is 20.9. The van der Waals surface area contributed by atoms with Crippen LogP contribution in [0.5, 0.6) is 0 Å². The van der Waals surface area contributed by atoms with Crippen molar-refractivity contribution in [2.24, 2.45) is 0 Å². The molecular formula is C25H28F2O. The molecule has 0 aromatic heterocycles. The highest BCUT2D eigenvalue weighted by molar-refractivity contribution is 5.78. The van der Waals surface area contributed by atoms with Crippen LogP contribution < -0.4 is 0 Å². The van der Waals surface area contributed by atoms with Gasteiger partial charge in [-0.3, -0.25) is 4.79 Å². The Kier molecular flexibility index (Phi) is 10.4. The van der Waals surface area contributed by atoms with Crippen LogP contribution in [0.4, 0.5) is 8.78 Å². The SMILES string of the molecule is CC.CC(=O)Cc1ccc(-c2ccc(F)cc2)cc1.CCc1cccc(F)c1. The summed E-state index contributed by atoms with van der Waals surface area (Å²) < 4.78 is 25.1. The van der Waals surface area contributed by atoms with E-state index in [0.717, 1.165) is 28.7 Å². The Morgan fingerprint density at radius 2 is 1.29 bits per heavy atom. The topological polar surface area (TPSA) is 17.1 Å². The lowest BCUT2D eigenvalue weighted by Gasteiger charge is -2.03. The van der Waals surface area contributed by atoms with Gasteiger partial charge in [0.2, 0.25) is 0 Å². The van der Waals surface area contributed by atoms with E-state index in [9.17, 15) is 13.6 Å². The summed E-state index contributed by atoms with van der Waals surface area (Å²) in [5, 5.41) is 0. The van der Waals surface area contributed by atoms with E-state index in [-0.39, 0.29) is 17.4 Å². The molecule has 0 N–H and O–H groups in total. The van der Waals surface area contributed by atoms with Crippen molar-refractivity contribution in [1.82, 2.24) is 0 Å². The molecule has 0 heterocycles. The van der Waals surface area contributed by atoms with Crippen molar-refractivity contribution in [1.29, 1.82) is 0 Å². The van der Waals surface area contributed by atoms with Crippen molar-refractivity contribution in [3.8, 4) is 11.1 Å². The first-order chi connectivity index (χ1) is 13.5. The van der Waals surface area contributed by atoms with Crippen LogP contribution in [0.15, 0.2) is 72.8 Å². The molecule has 0 unspecified atom stereocenters. The van der Waals surface area contributed by atoms with E-state index in [2.05, 4.69) is 0 Å². The molecule has 28 heavy (non-hydrogen) atoms. The second-order valence-electron chi connectivity index (χ2n) is 6.07. The predicted octanol–water partition coefficient (Wildman–Crippen LogP) is 7.04. The van der Waals surface area contributed by atoms with Crippen LogP contribution in [0.25, 0.3) is 11.1 Å². The Bertz CT molecular complexity index is 837. The smallest absolute Gasteiger partial charge is 0.134 e. The molecule has 0 radical (unpaired) electrons. The summed E-state index contributed by atoms with van der Waals surface area (Å²) >= 11 is 0. The number of hydrogen-bond donors (Lipinski definition) is 0. The first-order valence-electron chi connectivity index (χ1n) is 9.56. The monoisotopic (exact) mass is 382 g/mol. The summed E-state index contributed by atoms with van der Waals surface area (Å²) in [4.78, 5) is 11.0. The van der Waals surface area contributed by atoms with E-state index >= 15 is 0 Å². The molecule has 0 atom stereocenters. The number of rotatable bonds is 4. The average Bonchev–Trinajstić information content (AvgIpc) is 2.71. The number of Topliss-reactive ketones (excluding diaryl/α,β-unsaturated/α-hetero) is 1. The minimum atomic E-state index is -0.234. The maximum atomic E-state index is 12.8. The van der Waals surface area contributed by atoms with E-state index in [1.807, 2.05) is 51.1 Å². The van der Waals surface area contributed by atoms with Gasteiger partial charge < -0.3 is 0 Å². The van der Waals surface area contributed by atoms with Crippen molar-refractivity contribution in [3.63, 3.8) is 0 Å². The molecule has 0 bridgehead atoms. The van der Waals surface area contributed by atoms with E-state index in [4.69, 9.17) is 0 Å². The van der Waals surface area contributed by atoms with Crippen molar-refractivity contribution in [3.05, 3.63) is 95.6 Å². The molecule has 0 aliphatic rings. The number of ketones is 1. The highest BCUT2D eigenvalue weighted by Crippen LogP contribution is 2.20. The molecule has 0 aliphatic carbocycles. The van der Waals surface area contributed by atoms with Gasteiger partial charge in [0.05, 0.1) is 0 Å². The van der Waals surface area contributed by atoms with Crippen LogP contribution in [0.2, 0.25) is 0 Å². The third-order valence-electron chi connectivity index (χ3n) is 3.88. The summed E-state index contributed by atoms with van der Waals surface area (Å²) in [6.07, 6.45) is 1.36. The van der Waals surface area contributed by atoms with E-state index in [1.54, 1.807) is 31.2 Å². The number of halogens is 2. The Morgan fingerprint density at radius 3 is 1.71 bits per heavy atom. The molecule has 3 rings (SSSR count). The maximum Gasteiger partial charge on any atom is 0.134 e. The Balaban J connectivity index is 0.000000301. The Morgan fingerprint density at radius 1 is 0.750 bits per heavy atom. The van der Waals surface area contributed by atoms with Crippen LogP contribution in [0, 0.1) is 11.6 Å². The van der Waals surface area contributed by atoms with Crippen LogP contribution in [-0.4, -0.2) is 5.78 Å². The molecule has 3 aromatic rings. The molecular weight excluding hydrogens is 354 g/mol. The summed E-state index contributed by atoms with van der Waals surface area (Å²) in [7, 11) is 0. The van der Waals surface area contributed by atoms with Gasteiger partial charge in [-0.1, -0.05) is 69.3 Å². The van der Waals surface area contributed by atoms with Crippen molar-refractivity contribution < 1.29 is 13.6 Å². The van der Waals surface area contributed by atoms with Crippen molar-refractivity contribution in [2.75, 3.05) is 0 Å². The zero-order valence-electron chi connectivity index (χ0n) is 17.0. The standard InChI is InChI=1S/C15H13FO.C8H9F.C2H6/c1-11(17)10-12-2-4-13(5-3-12)14-6-8-15(16)9-7-14;1-2-7-4-3-5-8(9)6-7;1-2/h2-9H,10H2,1H3;3-6H,2H2,1H3;1-2H3. The lowest BCUT2D eigenvalue weighted by atomic mass is 10.0. The van der Waals surface area contributed by atoms with Crippen molar-refractivity contribution >= 4 is 5.78 Å². The molecule has 0 saturated heterocycles. The first kappa shape index (κ1) is 23.2. The van der Waals surface area contributed by atoms with Crippen LogP contribution in [-0.2, 0) is 17.6 Å². The fourth-order valence-electron chi connectivity index (χ4n) is 2.50. The van der Waals surface area contributed by atoms with E-state index < -0.39 is 0 Å². The quantitative estimate of drug-likeness (QED) is 0.473. The average molecular weight is 382 g/mol. The molecule has 148 valence electrons. The van der Waals surface area contributed by atoms with E-state index in [0.29, 0.717) is 6.42 Å². The number of carbonyl (C=O) groups excluding carboxylic acids is 1. The lowest BCUT2D eigenvalue weighted by Crippen LogP contribution is -1.95. The summed E-state index contributed by atoms with van der Waals surface area (Å²) in [5.41, 5.74) is 4.05. The molecule has 0 saturated carbocycles. The minimum Gasteiger partial charge on any atom is -0.300 e. The number of aryl methyl sites for hydroxylation is 1. The van der Waals surface area contributed by atoms with Crippen LogP contribution >= 0.6 is 0 Å². The van der Waals surface area contributed by atoms with Crippen molar-refractivity contribution in [2.45, 2.75) is 40.5 Å². The minimum absolute atomic E-state index is 0.144. The normalized spacial score (nSPS) is 9.50. The van der Waals surface area contributed by atoms with Gasteiger partial charge in [-0.15, -0.1) is 0 Å². The lowest BCUT2D eigenvalue weighted by molar-refractivity contribution is -0.116. The van der Waals surface area contributed by atoms with Gasteiger partial charge in [-0.05, 0) is 59.9 Å². The third kappa shape index (κ3) is 8.26. The highest BCUT2D eigenvalue weighted by atomic mass is 19.1. The molecule has 0 amide bonds. The van der Waals surface area contributed by atoms with Gasteiger partial charge in [-0.25, -0.2) is 8.78 Å². The zero-order valence-corrected chi connectivity index (χ0v) is 17.0. The number of carbonyl (C=O) groups is 1. The van der Waals surface area contributed by atoms with E-state index in [1.165, 1.54) is 18.2 Å². The number of hydrogen-bond acceptors (Lipinski definition) is 1. The molecule has 0 aliphatic heterocycles. The van der Waals surface area contributed by atoms with Gasteiger partial charge in [-0.2, -0.15) is 0 Å². The molecule has 1 nitrogen and oxygen atoms in total. The summed E-state index contributed by atoms with van der Waals surface area (Å²) in [6, 6.07) is 20.8. The first-order valence-corrected chi connectivity index (χ1v) is 9.56. The van der Waals surface area contributed by atoms with Gasteiger partial charge in [0.1, 0.15) is 17.4 Å². The molecule has 0 spiro atoms. The fraction of sp³-hybridized carbons (Fsp3) is 0.240. The fourth-order valence-corrected chi connectivity index (χ4v) is 2.50. The van der Waals surface area contributed by atoms with Gasteiger partial charge in [0, 0.05) is 6.42 Å². The van der Waals surface area contributed by atoms with Gasteiger partial charge >= 0.3 is 0 Å². The maximum absolute atomic E-state index is 12.8. The number of benzene rings is 3. The Labute approximate surface area is 167 Å². The third-order valence-corrected chi connectivity index (χ3v) is 3.88. The summed E-state index contributed by atoms with van der Waals surface area (Å²) in [5.74, 6) is -0.226. The van der Waals surface area contributed by atoms with Gasteiger partial charge in [0.15, 0.2) is 0 Å². The van der Waals surface area contributed by atoms with Crippen LogP contribution in [0.1, 0.15) is 38.8 Å². The predicted molar refractivity (Wildman–Crippen MR) is 113 cm³/mol. The highest BCUT2D eigenvalue weighted by Gasteiger charge is 2.00.